The van der Waals surface area contributed by atoms with Gasteiger partial charge in [0.2, 0.25) is 5.91 Å². The molecule has 4 nitrogen and oxygen atoms in total. The SMILES string of the molecule is O=C(C1CC1)N(Cc1ccccc1F)C[C@@H]1CC(c2ccc(Cl)cc2)=NO1. The Morgan fingerprint density at radius 3 is 2.63 bits per heavy atom. The molecule has 0 unspecified atom stereocenters. The highest BCUT2D eigenvalue weighted by atomic mass is 35.5. The van der Waals surface area contributed by atoms with E-state index in [0.717, 1.165) is 24.1 Å². The van der Waals surface area contributed by atoms with Gasteiger partial charge in [0, 0.05) is 29.5 Å². The summed E-state index contributed by atoms with van der Waals surface area (Å²) in [5.41, 5.74) is 2.31. The molecule has 0 N–H and O–H groups in total. The second-order valence-corrected chi connectivity index (χ2v) is 7.50. The lowest BCUT2D eigenvalue weighted by Crippen LogP contribution is -2.38. The minimum Gasteiger partial charge on any atom is -0.390 e. The Balaban J connectivity index is 1.44. The molecule has 140 valence electrons. The summed E-state index contributed by atoms with van der Waals surface area (Å²) < 4.78 is 14.1. The third kappa shape index (κ3) is 4.30. The van der Waals surface area contributed by atoms with Gasteiger partial charge in [0.15, 0.2) is 6.10 Å². The Morgan fingerprint density at radius 1 is 1.19 bits per heavy atom. The molecule has 1 aliphatic heterocycles. The molecule has 0 saturated heterocycles. The smallest absolute Gasteiger partial charge is 0.226 e. The van der Waals surface area contributed by atoms with Crippen LogP contribution in [0.1, 0.15) is 30.4 Å². The van der Waals surface area contributed by atoms with Crippen LogP contribution < -0.4 is 0 Å². The zero-order valence-electron chi connectivity index (χ0n) is 14.8. The molecule has 0 spiro atoms. The van der Waals surface area contributed by atoms with Gasteiger partial charge in [-0.05, 0) is 36.6 Å². The molecule has 0 bridgehead atoms. The maximum absolute atomic E-state index is 14.1. The topological polar surface area (TPSA) is 41.9 Å². The van der Waals surface area contributed by atoms with Crippen LogP contribution in [0.5, 0.6) is 0 Å². The predicted molar refractivity (Wildman–Crippen MR) is 102 cm³/mol. The van der Waals surface area contributed by atoms with Crippen molar-refractivity contribution in [2.75, 3.05) is 6.54 Å². The van der Waals surface area contributed by atoms with E-state index >= 15 is 0 Å². The number of halogens is 2. The number of amides is 1. The second-order valence-electron chi connectivity index (χ2n) is 7.06. The summed E-state index contributed by atoms with van der Waals surface area (Å²) in [7, 11) is 0. The van der Waals surface area contributed by atoms with Gasteiger partial charge in [-0.2, -0.15) is 0 Å². The van der Waals surface area contributed by atoms with Crippen LogP contribution in [0.15, 0.2) is 53.7 Å². The normalized spacial score (nSPS) is 18.7. The van der Waals surface area contributed by atoms with E-state index in [4.69, 9.17) is 16.4 Å². The van der Waals surface area contributed by atoms with Gasteiger partial charge in [-0.3, -0.25) is 4.79 Å². The van der Waals surface area contributed by atoms with Gasteiger partial charge in [0.25, 0.3) is 0 Å². The van der Waals surface area contributed by atoms with Crippen molar-refractivity contribution >= 4 is 23.2 Å². The summed E-state index contributed by atoms with van der Waals surface area (Å²) >= 11 is 5.93. The van der Waals surface area contributed by atoms with Gasteiger partial charge in [-0.15, -0.1) is 0 Å². The van der Waals surface area contributed by atoms with Crippen LogP contribution in [0.25, 0.3) is 0 Å². The van der Waals surface area contributed by atoms with Crippen LogP contribution in [0.2, 0.25) is 5.02 Å². The molecule has 27 heavy (non-hydrogen) atoms. The Labute approximate surface area is 162 Å². The zero-order chi connectivity index (χ0) is 18.8. The first-order chi connectivity index (χ1) is 13.1. The van der Waals surface area contributed by atoms with E-state index in [1.807, 2.05) is 24.3 Å². The predicted octanol–water partition coefficient (Wildman–Crippen LogP) is 4.41. The van der Waals surface area contributed by atoms with Gasteiger partial charge in [-0.25, -0.2) is 4.39 Å². The molecular formula is C21H20ClFN2O2. The summed E-state index contributed by atoms with van der Waals surface area (Å²) in [6, 6.07) is 14.0. The van der Waals surface area contributed by atoms with Crippen molar-refractivity contribution in [1.82, 2.24) is 4.90 Å². The molecule has 2 aromatic rings. The highest BCUT2D eigenvalue weighted by molar-refractivity contribution is 6.30. The van der Waals surface area contributed by atoms with Crippen LogP contribution in [0.3, 0.4) is 0 Å². The lowest BCUT2D eigenvalue weighted by Gasteiger charge is -2.25. The number of benzene rings is 2. The number of hydrogen-bond acceptors (Lipinski definition) is 3. The van der Waals surface area contributed by atoms with E-state index in [9.17, 15) is 9.18 Å². The molecule has 2 aromatic carbocycles. The molecule has 1 fully saturated rings. The van der Waals surface area contributed by atoms with Crippen LogP contribution in [-0.4, -0.2) is 29.2 Å². The van der Waals surface area contributed by atoms with Crippen LogP contribution in [-0.2, 0) is 16.2 Å². The van der Waals surface area contributed by atoms with Crippen LogP contribution >= 0.6 is 11.6 Å². The zero-order valence-corrected chi connectivity index (χ0v) is 15.5. The van der Waals surface area contributed by atoms with Crippen molar-refractivity contribution in [3.05, 3.63) is 70.5 Å². The molecule has 6 heteroatoms. The van der Waals surface area contributed by atoms with Gasteiger partial charge in [0.1, 0.15) is 5.82 Å². The van der Waals surface area contributed by atoms with Crippen molar-refractivity contribution in [2.45, 2.75) is 31.9 Å². The summed E-state index contributed by atoms with van der Waals surface area (Å²) in [6.07, 6.45) is 2.19. The fourth-order valence-electron chi connectivity index (χ4n) is 3.24. The maximum atomic E-state index is 14.1. The van der Waals surface area contributed by atoms with E-state index in [1.165, 1.54) is 6.07 Å². The van der Waals surface area contributed by atoms with Crippen molar-refractivity contribution < 1.29 is 14.0 Å². The van der Waals surface area contributed by atoms with E-state index in [2.05, 4.69) is 5.16 Å². The summed E-state index contributed by atoms with van der Waals surface area (Å²) in [4.78, 5) is 20.0. The molecule has 4 rings (SSSR count). The van der Waals surface area contributed by atoms with E-state index in [1.54, 1.807) is 23.1 Å². The van der Waals surface area contributed by atoms with Gasteiger partial charge in [-0.1, -0.05) is 47.1 Å². The van der Waals surface area contributed by atoms with Gasteiger partial charge >= 0.3 is 0 Å². The Morgan fingerprint density at radius 2 is 1.93 bits per heavy atom. The number of oxime groups is 1. The molecule has 0 aromatic heterocycles. The van der Waals surface area contributed by atoms with Crippen LogP contribution in [0, 0.1) is 11.7 Å². The average Bonchev–Trinajstić information content (AvgIpc) is 3.42. The number of rotatable bonds is 6. The standard InChI is InChI=1S/C21H20ClFN2O2/c22-17-9-7-14(8-10-17)20-11-18(27-24-20)13-25(21(26)15-5-6-15)12-16-3-1-2-4-19(16)23/h1-4,7-10,15,18H,5-6,11-13H2/t18-/m0/s1. The highest BCUT2D eigenvalue weighted by Crippen LogP contribution is 2.32. The quantitative estimate of drug-likeness (QED) is 0.737. The largest absolute Gasteiger partial charge is 0.390 e. The first kappa shape index (κ1) is 18.0. The Kier molecular flexibility index (Phi) is 5.12. The second kappa shape index (κ2) is 7.69. The molecule has 1 atom stereocenters. The van der Waals surface area contributed by atoms with Crippen molar-refractivity contribution in [3.63, 3.8) is 0 Å². The maximum Gasteiger partial charge on any atom is 0.226 e. The fourth-order valence-corrected chi connectivity index (χ4v) is 3.36. The van der Waals surface area contributed by atoms with Crippen LogP contribution in [0.4, 0.5) is 4.39 Å². The highest BCUT2D eigenvalue weighted by Gasteiger charge is 2.36. The van der Waals surface area contributed by atoms with E-state index in [-0.39, 0.29) is 30.3 Å². The molecule has 1 aliphatic carbocycles. The van der Waals surface area contributed by atoms with Crippen molar-refractivity contribution in [1.29, 1.82) is 0 Å². The Hall–Kier alpha value is -2.40. The Bertz CT molecular complexity index is 865. The lowest BCUT2D eigenvalue weighted by atomic mass is 10.0. The number of carbonyl (C=O) groups is 1. The molecule has 1 amide bonds. The first-order valence-corrected chi connectivity index (χ1v) is 9.49. The molecule has 1 heterocycles. The number of nitrogens with zero attached hydrogens (tertiary/aromatic N) is 2. The van der Waals surface area contributed by atoms with Crippen molar-refractivity contribution in [2.24, 2.45) is 11.1 Å². The lowest BCUT2D eigenvalue weighted by molar-refractivity contribution is -0.135. The number of hydrogen-bond donors (Lipinski definition) is 0. The molecular weight excluding hydrogens is 367 g/mol. The van der Waals surface area contributed by atoms with E-state index < -0.39 is 0 Å². The third-order valence-corrected chi connectivity index (χ3v) is 5.14. The third-order valence-electron chi connectivity index (χ3n) is 4.89. The molecule has 0 radical (unpaired) electrons. The van der Waals surface area contributed by atoms with Gasteiger partial charge < -0.3 is 9.74 Å². The van der Waals surface area contributed by atoms with E-state index in [0.29, 0.717) is 23.6 Å². The fraction of sp³-hybridized carbons (Fsp3) is 0.333. The summed E-state index contributed by atoms with van der Waals surface area (Å²) in [5.74, 6) is -0.159. The van der Waals surface area contributed by atoms with Gasteiger partial charge in [0.05, 0.1) is 12.3 Å². The summed E-state index contributed by atoms with van der Waals surface area (Å²) in [6.45, 7) is 0.641. The molecule has 1 saturated carbocycles. The molecule has 2 aliphatic rings. The minimum atomic E-state index is -0.295. The number of carbonyl (C=O) groups excluding carboxylic acids is 1. The minimum absolute atomic E-state index is 0.0647. The summed E-state index contributed by atoms with van der Waals surface area (Å²) in [5, 5.41) is 4.84. The first-order valence-electron chi connectivity index (χ1n) is 9.11. The van der Waals surface area contributed by atoms with Crippen molar-refractivity contribution in [3.8, 4) is 0 Å². The monoisotopic (exact) mass is 386 g/mol. The average molecular weight is 387 g/mol.